The highest BCUT2D eigenvalue weighted by molar-refractivity contribution is 9.10. The number of halogens is 1. The molecule has 2 aliphatic rings. The lowest BCUT2D eigenvalue weighted by Gasteiger charge is -2.36. The summed E-state index contributed by atoms with van der Waals surface area (Å²) in [5.74, 6) is 0.206. The molecule has 1 atom stereocenters. The minimum absolute atomic E-state index is 0.00974. The molecule has 0 unspecified atom stereocenters. The molecule has 206 valence electrons. The van der Waals surface area contributed by atoms with Gasteiger partial charge in [0.15, 0.2) is 5.60 Å². The molecule has 2 aromatic carbocycles. The average molecular weight is 587 g/mol. The van der Waals surface area contributed by atoms with Gasteiger partial charge in [0.2, 0.25) is 0 Å². The van der Waals surface area contributed by atoms with Gasteiger partial charge in [-0.25, -0.2) is 9.59 Å². The van der Waals surface area contributed by atoms with E-state index in [1.54, 1.807) is 13.8 Å². The Kier molecular flexibility index (Phi) is 8.60. The molecule has 38 heavy (non-hydrogen) atoms. The predicted octanol–water partition coefficient (Wildman–Crippen LogP) is 6.29. The molecule has 1 saturated carbocycles. The zero-order chi connectivity index (χ0) is 27.5. The normalized spacial score (nSPS) is 18.1. The molecule has 1 aliphatic carbocycles. The summed E-state index contributed by atoms with van der Waals surface area (Å²) in [4.78, 5) is 30.2. The maximum Gasteiger partial charge on any atom is 0.350 e. The molecule has 0 bridgehead atoms. The summed E-state index contributed by atoms with van der Waals surface area (Å²) in [6.45, 7) is 11.2. The highest BCUT2D eigenvalue weighted by atomic mass is 79.9. The number of rotatable bonds is 8. The molecular weight excluding hydrogens is 546 g/mol. The summed E-state index contributed by atoms with van der Waals surface area (Å²) in [7, 11) is 0. The van der Waals surface area contributed by atoms with Crippen molar-refractivity contribution in [3.05, 3.63) is 58.6 Å². The van der Waals surface area contributed by atoms with Crippen LogP contribution >= 0.6 is 15.9 Å². The van der Waals surface area contributed by atoms with E-state index < -0.39 is 17.2 Å². The number of anilines is 1. The molecule has 1 aliphatic heterocycles. The number of ether oxygens (including phenoxy) is 2. The van der Waals surface area contributed by atoms with E-state index in [9.17, 15) is 9.59 Å². The van der Waals surface area contributed by atoms with Crippen molar-refractivity contribution < 1.29 is 19.1 Å². The number of esters is 1. The molecule has 2 amide bonds. The molecule has 1 saturated heterocycles. The number of nitrogens with one attached hydrogen (secondary N) is 1. The number of carbonyl (C=O) groups excluding carboxylic acids is 2. The predicted molar refractivity (Wildman–Crippen MR) is 153 cm³/mol. The minimum Gasteiger partial charge on any atom is -0.476 e. The van der Waals surface area contributed by atoms with Gasteiger partial charge < -0.3 is 24.6 Å². The first kappa shape index (κ1) is 28.3. The van der Waals surface area contributed by atoms with E-state index in [-0.39, 0.29) is 12.1 Å². The maximum absolute atomic E-state index is 13.3. The van der Waals surface area contributed by atoms with E-state index in [1.165, 1.54) is 0 Å². The van der Waals surface area contributed by atoms with Gasteiger partial charge in [-0.2, -0.15) is 0 Å². The topological polar surface area (TPSA) is 71.1 Å². The van der Waals surface area contributed by atoms with Gasteiger partial charge in [-0.3, -0.25) is 0 Å². The molecule has 8 heteroatoms. The van der Waals surface area contributed by atoms with Crippen LogP contribution in [0, 0.1) is 0 Å². The lowest BCUT2D eigenvalue weighted by Crippen LogP contribution is -2.52. The SMILES string of the molecule is CC(C)(C)OC(=O)C(C)(C)Oc1cccc(N2CCC[C@@H](NC(=O)N(Cc3cccc(Br)c3)C3CC3)C2)c1. The van der Waals surface area contributed by atoms with Gasteiger partial charge >= 0.3 is 12.0 Å². The number of piperidine rings is 1. The van der Waals surface area contributed by atoms with Crippen LogP contribution in [0.25, 0.3) is 0 Å². The Labute approximate surface area is 235 Å². The van der Waals surface area contributed by atoms with Gasteiger partial charge in [-0.15, -0.1) is 0 Å². The van der Waals surface area contributed by atoms with Gasteiger partial charge in [0, 0.05) is 47.9 Å². The molecule has 0 radical (unpaired) electrons. The number of nitrogens with zero attached hydrogens (tertiary/aromatic N) is 2. The largest absolute Gasteiger partial charge is 0.476 e. The molecule has 2 fully saturated rings. The van der Waals surface area contributed by atoms with E-state index in [2.05, 4.69) is 38.3 Å². The monoisotopic (exact) mass is 585 g/mol. The van der Waals surface area contributed by atoms with Crippen LogP contribution in [0.2, 0.25) is 0 Å². The van der Waals surface area contributed by atoms with Gasteiger partial charge in [0.05, 0.1) is 0 Å². The van der Waals surface area contributed by atoms with Crippen molar-refractivity contribution >= 4 is 33.6 Å². The van der Waals surface area contributed by atoms with Crippen LogP contribution in [0.1, 0.15) is 65.9 Å². The Morgan fingerprint density at radius 2 is 1.79 bits per heavy atom. The van der Waals surface area contributed by atoms with Crippen molar-refractivity contribution in [3.8, 4) is 5.75 Å². The minimum atomic E-state index is -1.12. The Balaban J connectivity index is 1.38. The van der Waals surface area contributed by atoms with Crippen molar-refractivity contribution in [1.82, 2.24) is 10.2 Å². The van der Waals surface area contributed by atoms with E-state index in [1.807, 2.05) is 62.1 Å². The van der Waals surface area contributed by atoms with Crippen LogP contribution in [0.5, 0.6) is 5.75 Å². The van der Waals surface area contributed by atoms with Gasteiger partial charge in [-0.1, -0.05) is 34.1 Å². The molecular formula is C30H40BrN3O4. The summed E-state index contributed by atoms with van der Waals surface area (Å²) >= 11 is 3.53. The lowest BCUT2D eigenvalue weighted by atomic mass is 10.0. The quantitative estimate of drug-likeness (QED) is 0.368. The van der Waals surface area contributed by atoms with Crippen molar-refractivity contribution in [1.29, 1.82) is 0 Å². The molecule has 0 spiro atoms. The van der Waals surface area contributed by atoms with E-state index in [0.29, 0.717) is 18.3 Å². The first-order valence-electron chi connectivity index (χ1n) is 13.5. The molecule has 1 heterocycles. The number of amides is 2. The fourth-order valence-corrected chi connectivity index (χ4v) is 5.10. The number of carbonyl (C=O) groups is 2. The zero-order valence-corrected chi connectivity index (χ0v) is 24.7. The third-order valence-corrected chi connectivity index (χ3v) is 7.18. The van der Waals surface area contributed by atoms with Crippen molar-refractivity contribution in [2.45, 2.75) is 90.1 Å². The molecule has 1 N–H and O–H groups in total. The highest BCUT2D eigenvalue weighted by Crippen LogP contribution is 2.30. The van der Waals surface area contributed by atoms with Crippen LogP contribution in [-0.4, -0.2) is 53.3 Å². The van der Waals surface area contributed by atoms with Crippen molar-refractivity contribution in [3.63, 3.8) is 0 Å². The summed E-state index contributed by atoms with van der Waals surface area (Å²) < 4.78 is 12.6. The number of hydrogen-bond donors (Lipinski definition) is 1. The summed E-state index contributed by atoms with van der Waals surface area (Å²) in [6, 6.07) is 16.3. The number of urea groups is 1. The second-order valence-corrected chi connectivity index (χ2v) is 12.8. The Hall–Kier alpha value is -2.74. The van der Waals surface area contributed by atoms with Gasteiger partial charge in [0.25, 0.3) is 0 Å². The third kappa shape index (κ3) is 7.88. The highest BCUT2D eigenvalue weighted by Gasteiger charge is 2.36. The van der Waals surface area contributed by atoms with Crippen LogP contribution < -0.4 is 15.0 Å². The smallest absolute Gasteiger partial charge is 0.350 e. The lowest BCUT2D eigenvalue weighted by molar-refractivity contribution is -0.170. The average Bonchev–Trinajstić information content (AvgIpc) is 3.67. The Morgan fingerprint density at radius 1 is 1.05 bits per heavy atom. The Bertz CT molecular complexity index is 1140. The van der Waals surface area contributed by atoms with E-state index in [0.717, 1.165) is 54.5 Å². The van der Waals surface area contributed by atoms with Crippen LogP contribution in [-0.2, 0) is 16.1 Å². The zero-order valence-electron chi connectivity index (χ0n) is 23.1. The van der Waals surface area contributed by atoms with E-state index in [4.69, 9.17) is 9.47 Å². The fourth-order valence-electron chi connectivity index (χ4n) is 4.65. The van der Waals surface area contributed by atoms with Crippen molar-refractivity contribution in [2.24, 2.45) is 0 Å². The molecule has 2 aromatic rings. The third-order valence-electron chi connectivity index (χ3n) is 6.69. The second kappa shape index (κ2) is 11.6. The standard InChI is InChI=1S/C30H40BrN3O4/c1-29(2,3)38-27(35)30(4,5)37-26-13-7-12-25(18-26)33-16-8-11-23(20-33)32-28(36)34(24-14-15-24)19-21-9-6-10-22(31)17-21/h6-7,9-10,12-13,17-18,23-24H,8,11,14-16,19-20H2,1-5H3,(H,32,36)/t23-/m1/s1. The summed E-state index contributed by atoms with van der Waals surface area (Å²) in [5.41, 5.74) is 0.428. The van der Waals surface area contributed by atoms with Crippen LogP contribution in [0.4, 0.5) is 10.5 Å². The number of hydrogen-bond acceptors (Lipinski definition) is 5. The molecule has 7 nitrogen and oxygen atoms in total. The maximum atomic E-state index is 13.3. The number of benzene rings is 2. The fraction of sp³-hybridized carbons (Fsp3) is 0.533. The Morgan fingerprint density at radius 3 is 2.47 bits per heavy atom. The second-order valence-electron chi connectivity index (χ2n) is 11.8. The first-order valence-corrected chi connectivity index (χ1v) is 14.3. The van der Waals surface area contributed by atoms with Crippen LogP contribution in [0.3, 0.4) is 0 Å². The van der Waals surface area contributed by atoms with Gasteiger partial charge in [-0.05, 0) is 90.1 Å². The van der Waals surface area contributed by atoms with E-state index >= 15 is 0 Å². The van der Waals surface area contributed by atoms with Crippen molar-refractivity contribution in [2.75, 3.05) is 18.0 Å². The van der Waals surface area contributed by atoms with Gasteiger partial charge in [0.1, 0.15) is 11.4 Å². The molecule has 0 aromatic heterocycles. The first-order chi connectivity index (χ1) is 17.9. The summed E-state index contributed by atoms with van der Waals surface area (Å²) in [6.07, 6.45) is 4.04. The van der Waals surface area contributed by atoms with Crippen LogP contribution in [0.15, 0.2) is 53.0 Å². The summed E-state index contributed by atoms with van der Waals surface area (Å²) in [5, 5.41) is 3.31. The molecule has 4 rings (SSSR count).